The summed E-state index contributed by atoms with van der Waals surface area (Å²) in [4.78, 5) is 25.9. The van der Waals surface area contributed by atoms with E-state index in [1.54, 1.807) is 4.90 Å². The van der Waals surface area contributed by atoms with Crippen LogP contribution in [0.4, 0.5) is 0 Å². The predicted octanol–water partition coefficient (Wildman–Crippen LogP) is 0.500. The molecule has 0 spiro atoms. The molecule has 0 radical (unpaired) electrons. The van der Waals surface area contributed by atoms with E-state index in [-0.39, 0.29) is 30.3 Å². The van der Waals surface area contributed by atoms with E-state index in [1.165, 1.54) is 0 Å². The van der Waals surface area contributed by atoms with E-state index in [4.69, 9.17) is 9.47 Å². The monoisotopic (exact) mass is 283 g/mol. The first-order valence-corrected chi connectivity index (χ1v) is 7.30. The summed E-state index contributed by atoms with van der Waals surface area (Å²) in [6, 6.07) is 0. The predicted molar refractivity (Wildman–Crippen MR) is 69.1 cm³/mol. The number of amides is 1. The van der Waals surface area contributed by atoms with Gasteiger partial charge in [0.1, 0.15) is 0 Å². The fraction of sp³-hybridized carbons (Fsp3) is 0.857. The van der Waals surface area contributed by atoms with Crippen LogP contribution in [0.5, 0.6) is 0 Å². The summed E-state index contributed by atoms with van der Waals surface area (Å²) in [6.45, 7) is 4.93. The van der Waals surface area contributed by atoms with E-state index in [2.05, 4.69) is 0 Å². The molecule has 112 valence electrons. The number of ether oxygens (including phenoxy) is 2. The third kappa shape index (κ3) is 2.20. The van der Waals surface area contributed by atoms with Crippen molar-refractivity contribution in [2.24, 2.45) is 11.8 Å². The van der Waals surface area contributed by atoms with Crippen LogP contribution in [0.3, 0.4) is 0 Å². The van der Waals surface area contributed by atoms with Gasteiger partial charge in [-0.2, -0.15) is 0 Å². The summed E-state index contributed by atoms with van der Waals surface area (Å²) in [5.74, 6) is -2.20. The average molecular weight is 283 g/mol. The van der Waals surface area contributed by atoms with Crippen LogP contribution in [-0.2, 0) is 19.1 Å². The number of carbonyl (C=O) groups is 2. The van der Waals surface area contributed by atoms with Gasteiger partial charge in [0.15, 0.2) is 0 Å². The molecule has 3 heterocycles. The van der Waals surface area contributed by atoms with Crippen LogP contribution in [0.2, 0.25) is 0 Å². The Kier molecular flexibility index (Phi) is 3.46. The van der Waals surface area contributed by atoms with Crippen molar-refractivity contribution < 1.29 is 24.2 Å². The van der Waals surface area contributed by atoms with Gasteiger partial charge in [-0.3, -0.25) is 9.59 Å². The van der Waals surface area contributed by atoms with Gasteiger partial charge in [-0.25, -0.2) is 0 Å². The van der Waals surface area contributed by atoms with E-state index in [0.717, 1.165) is 12.8 Å². The SMILES string of the molecule is C[C@@H]1CN(C(=O)[C@H]2[C@@H](C(=O)O)[C@H]3CC[C@H]2O3)C[C@@H](C)O1. The summed E-state index contributed by atoms with van der Waals surface area (Å²) in [7, 11) is 0. The second kappa shape index (κ2) is 5.00. The number of fused-ring (bicyclic) bond motifs is 2. The van der Waals surface area contributed by atoms with Gasteiger partial charge in [0.25, 0.3) is 0 Å². The van der Waals surface area contributed by atoms with Gasteiger partial charge in [-0.15, -0.1) is 0 Å². The lowest BCUT2D eigenvalue weighted by Gasteiger charge is -2.38. The van der Waals surface area contributed by atoms with Crippen molar-refractivity contribution in [2.45, 2.75) is 51.1 Å². The van der Waals surface area contributed by atoms with Crippen LogP contribution >= 0.6 is 0 Å². The number of carboxylic acids is 1. The van der Waals surface area contributed by atoms with Gasteiger partial charge in [-0.05, 0) is 26.7 Å². The van der Waals surface area contributed by atoms with E-state index < -0.39 is 17.8 Å². The number of hydrogen-bond acceptors (Lipinski definition) is 4. The highest BCUT2D eigenvalue weighted by molar-refractivity contribution is 5.86. The molecule has 1 amide bonds. The van der Waals surface area contributed by atoms with Crippen molar-refractivity contribution in [3.8, 4) is 0 Å². The first-order chi connectivity index (χ1) is 9.47. The molecule has 1 N–H and O–H groups in total. The Morgan fingerprint density at radius 1 is 1.00 bits per heavy atom. The molecule has 0 saturated carbocycles. The number of carbonyl (C=O) groups excluding carboxylic acids is 1. The molecule has 2 bridgehead atoms. The summed E-state index contributed by atoms with van der Waals surface area (Å²) in [5.41, 5.74) is 0. The van der Waals surface area contributed by atoms with Gasteiger partial charge in [0.2, 0.25) is 5.91 Å². The number of nitrogens with zero attached hydrogens (tertiary/aromatic N) is 1. The fourth-order valence-electron chi connectivity index (χ4n) is 3.87. The van der Waals surface area contributed by atoms with Crippen LogP contribution in [0.25, 0.3) is 0 Å². The quantitative estimate of drug-likeness (QED) is 0.798. The topological polar surface area (TPSA) is 76.1 Å². The zero-order chi connectivity index (χ0) is 14.4. The van der Waals surface area contributed by atoms with Crippen LogP contribution in [0.15, 0.2) is 0 Å². The van der Waals surface area contributed by atoms with E-state index in [0.29, 0.717) is 13.1 Å². The number of morpholine rings is 1. The number of hydrogen-bond donors (Lipinski definition) is 1. The van der Waals surface area contributed by atoms with Crippen molar-refractivity contribution in [2.75, 3.05) is 13.1 Å². The number of aliphatic carboxylic acids is 1. The normalized spacial score (nSPS) is 43.8. The second-order valence-electron chi connectivity index (χ2n) is 6.18. The van der Waals surface area contributed by atoms with Crippen LogP contribution < -0.4 is 0 Å². The zero-order valence-electron chi connectivity index (χ0n) is 11.8. The first-order valence-electron chi connectivity index (χ1n) is 7.30. The lowest BCUT2D eigenvalue weighted by molar-refractivity contribution is -0.156. The maximum Gasteiger partial charge on any atom is 0.310 e. The van der Waals surface area contributed by atoms with E-state index >= 15 is 0 Å². The molecule has 3 saturated heterocycles. The molecular formula is C14H21NO5. The highest BCUT2D eigenvalue weighted by Gasteiger charge is 2.56. The summed E-state index contributed by atoms with van der Waals surface area (Å²) in [6.07, 6.45) is 1.02. The molecule has 3 aliphatic rings. The largest absolute Gasteiger partial charge is 0.481 e. The Morgan fingerprint density at radius 3 is 2.10 bits per heavy atom. The molecule has 3 fully saturated rings. The highest BCUT2D eigenvalue weighted by Crippen LogP contribution is 2.44. The number of carboxylic acid groups (broad SMARTS) is 1. The molecule has 3 rings (SSSR count). The third-order valence-electron chi connectivity index (χ3n) is 4.57. The molecule has 20 heavy (non-hydrogen) atoms. The summed E-state index contributed by atoms with van der Waals surface area (Å²) < 4.78 is 11.3. The lowest BCUT2D eigenvalue weighted by Crippen LogP contribution is -2.53. The van der Waals surface area contributed by atoms with Gasteiger partial charge >= 0.3 is 5.97 Å². The minimum atomic E-state index is -0.912. The molecular weight excluding hydrogens is 262 g/mol. The summed E-state index contributed by atoms with van der Waals surface area (Å²) >= 11 is 0. The van der Waals surface area contributed by atoms with E-state index in [1.807, 2.05) is 13.8 Å². The van der Waals surface area contributed by atoms with Crippen LogP contribution in [0, 0.1) is 11.8 Å². The smallest absolute Gasteiger partial charge is 0.310 e. The molecule has 6 atom stereocenters. The fourth-order valence-corrected chi connectivity index (χ4v) is 3.87. The molecule has 0 unspecified atom stereocenters. The maximum absolute atomic E-state index is 12.7. The first kappa shape index (κ1) is 13.8. The van der Waals surface area contributed by atoms with Crippen molar-refractivity contribution in [1.29, 1.82) is 0 Å². The minimum Gasteiger partial charge on any atom is -0.481 e. The molecule has 0 aromatic rings. The van der Waals surface area contributed by atoms with Gasteiger partial charge in [0, 0.05) is 13.1 Å². The van der Waals surface area contributed by atoms with Crippen LogP contribution in [-0.4, -0.2) is 59.4 Å². The third-order valence-corrected chi connectivity index (χ3v) is 4.57. The summed E-state index contributed by atoms with van der Waals surface area (Å²) in [5, 5.41) is 9.38. The van der Waals surface area contributed by atoms with Crippen molar-refractivity contribution >= 4 is 11.9 Å². The molecule has 0 aromatic heterocycles. The Balaban J connectivity index is 1.77. The second-order valence-corrected chi connectivity index (χ2v) is 6.18. The van der Waals surface area contributed by atoms with E-state index in [9.17, 15) is 14.7 Å². The van der Waals surface area contributed by atoms with Gasteiger partial charge in [-0.1, -0.05) is 0 Å². The van der Waals surface area contributed by atoms with Crippen molar-refractivity contribution in [1.82, 2.24) is 4.90 Å². The van der Waals surface area contributed by atoms with Gasteiger partial charge in [0.05, 0.1) is 36.3 Å². The molecule has 0 aliphatic carbocycles. The molecule has 0 aromatic carbocycles. The minimum absolute atomic E-state index is 0.00881. The van der Waals surface area contributed by atoms with Gasteiger partial charge < -0.3 is 19.5 Å². The number of rotatable bonds is 2. The molecule has 3 aliphatic heterocycles. The van der Waals surface area contributed by atoms with Crippen molar-refractivity contribution in [3.05, 3.63) is 0 Å². The molecule has 6 heteroatoms. The Hall–Kier alpha value is -1.14. The standard InChI is InChI=1S/C14H21NO5/c1-7-5-15(6-8(2)19-7)13(16)11-9-3-4-10(20-9)12(11)14(17)18/h7-12H,3-6H2,1-2H3,(H,17,18)/t7-,8-,9-,10-,11-,12+/m1/s1. The lowest BCUT2D eigenvalue weighted by atomic mass is 9.78. The average Bonchev–Trinajstić information content (AvgIpc) is 2.96. The Morgan fingerprint density at radius 2 is 1.55 bits per heavy atom. The molecule has 6 nitrogen and oxygen atoms in total. The highest BCUT2D eigenvalue weighted by atomic mass is 16.5. The van der Waals surface area contributed by atoms with Crippen molar-refractivity contribution in [3.63, 3.8) is 0 Å². The Bertz CT molecular complexity index is 416. The zero-order valence-corrected chi connectivity index (χ0v) is 11.8. The van der Waals surface area contributed by atoms with Crippen LogP contribution in [0.1, 0.15) is 26.7 Å². The maximum atomic E-state index is 12.7. The Labute approximate surface area is 118 Å².